The van der Waals surface area contributed by atoms with Crippen LogP contribution < -0.4 is 21.1 Å². The largest absolute Gasteiger partial charge is 0.491 e. The lowest BCUT2D eigenvalue weighted by atomic mass is 10.1. The van der Waals surface area contributed by atoms with Gasteiger partial charge >= 0.3 is 0 Å². The number of halogens is 1. The summed E-state index contributed by atoms with van der Waals surface area (Å²) in [6.45, 7) is 2.95. The molecule has 1 atom stereocenters. The number of hydrogen-bond acceptors (Lipinski definition) is 7. The summed E-state index contributed by atoms with van der Waals surface area (Å²) in [6.07, 6.45) is 1.71. The summed E-state index contributed by atoms with van der Waals surface area (Å²) in [7, 11) is 1.78. The van der Waals surface area contributed by atoms with Gasteiger partial charge in [-0.1, -0.05) is 0 Å². The molecule has 0 spiro atoms. The van der Waals surface area contributed by atoms with E-state index in [0.29, 0.717) is 35.8 Å². The average Bonchev–Trinajstić information content (AvgIpc) is 3.30. The number of primary amides is 1. The van der Waals surface area contributed by atoms with Crippen LogP contribution in [-0.4, -0.2) is 40.1 Å². The monoisotopic (exact) mass is 438 g/mol. The van der Waals surface area contributed by atoms with E-state index in [0.717, 1.165) is 24.0 Å². The van der Waals surface area contributed by atoms with Crippen molar-refractivity contribution in [3.8, 4) is 17.1 Å². The van der Waals surface area contributed by atoms with E-state index in [9.17, 15) is 4.79 Å². The molecule has 0 bridgehead atoms. The van der Waals surface area contributed by atoms with E-state index < -0.39 is 17.8 Å². The number of likely N-dealkylation sites (N-methyl/N-ethyl adjacent to an activating group) is 1. The van der Waals surface area contributed by atoms with Gasteiger partial charge in [0, 0.05) is 25.3 Å². The van der Waals surface area contributed by atoms with E-state index in [2.05, 4.69) is 4.98 Å². The molecule has 1 aliphatic heterocycles. The Morgan fingerprint density at radius 3 is 2.88 bits per heavy atom. The second kappa shape index (κ2) is 7.40. The number of fused-ring (bicyclic) bond motifs is 1. The topological polar surface area (TPSA) is 125 Å². The number of nitrogens with two attached hydrogens (primary N) is 2. The third-order valence-corrected chi connectivity index (χ3v) is 5.98. The van der Waals surface area contributed by atoms with Crippen LogP contribution in [0.3, 0.4) is 0 Å². The van der Waals surface area contributed by atoms with Crippen LogP contribution in [0.25, 0.3) is 33.5 Å². The Kier molecular flexibility index (Phi) is 4.65. The highest BCUT2D eigenvalue weighted by Gasteiger charge is 2.25. The van der Waals surface area contributed by atoms with Crippen molar-refractivity contribution < 1.29 is 18.3 Å². The van der Waals surface area contributed by atoms with Crippen molar-refractivity contribution in [3.63, 3.8) is 0 Å². The molecule has 1 unspecified atom stereocenters. The number of benzene rings is 2. The fourth-order valence-corrected chi connectivity index (χ4v) is 4.07. The minimum absolute atomic E-state index is 0.0675. The molecule has 3 heterocycles. The molecular weight excluding hydrogens is 415 g/mol. The highest BCUT2D eigenvalue weighted by atomic mass is 19.1. The lowest BCUT2D eigenvalue weighted by molar-refractivity contribution is -0.118. The Labute approximate surface area is 182 Å². The molecule has 1 amide bonds. The number of nitrogens with zero attached hydrogens (tertiary/aromatic N) is 4. The molecule has 2 aromatic heterocycles. The Morgan fingerprint density at radius 1 is 1.28 bits per heavy atom. The van der Waals surface area contributed by atoms with Crippen molar-refractivity contribution in [2.24, 2.45) is 5.73 Å². The van der Waals surface area contributed by atoms with E-state index in [1.165, 1.54) is 0 Å². The quantitative estimate of drug-likeness (QED) is 0.502. The molecule has 9 nitrogen and oxygen atoms in total. The molecular formula is C22H23FN6O3. The zero-order valence-electron chi connectivity index (χ0n) is 17.8. The smallest absolute Gasteiger partial charge is 0.293 e. The van der Waals surface area contributed by atoms with Gasteiger partial charge in [-0.2, -0.15) is 4.98 Å². The molecule has 0 saturated carbocycles. The van der Waals surface area contributed by atoms with E-state index in [1.54, 1.807) is 31.0 Å². The lowest BCUT2D eigenvalue weighted by Crippen LogP contribution is -2.40. The predicted octanol–water partition coefficient (Wildman–Crippen LogP) is 3.05. The average molecular weight is 438 g/mol. The number of aryl methyl sites for hydroxylation is 1. The van der Waals surface area contributed by atoms with Crippen molar-refractivity contribution in [2.75, 3.05) is 24.3 Å². The fraction of sp³-hybridized carbons (Fsp3) is 0.318. The van der Waals surface area contributed by atoms with Gasteiger partial charge in [0.1, 0.15) is 28.6 Å². The maximum atomic E-state index is 15.4. The maximum absolute atomic E-state index is 15.4. The molecule has 5 rings (SSSR count). The van der Waals surface area contributed by atoms with Crippen LogP contribution in [0.4, 0.5) is 16.1 Å². The second-order valence-electron chi connectivity index (χ2n) is 7.97. The summed E-state index contributed by atoms with van der Waals surface area (Å²) in [5.74, 6) is 0.116. The maximum Gasteiger partial charge on any atom is 0.293 e. The molecule has 10 heteroatoms. The van der Waals surface area contributed by atoms with Crippen LogP contribution in [0, 0.1) is 5.82 Å². The van der Waals surface area contributed by atoms with Crippen LogP contribution in [0.1, 0.15) is 19.8 Å². The SMILES string of the molecule is CC(C(N)=O)N(C)c1cc2c3c(c1)nc(-c1ccc4oc(N)nc4c1F)n3CCCCO2. The van der Waals surface area contributed by atoms with Gasteiger partial charge in [-0.05, 0) is 38.0 Å². The number of anilines is 2. The summed E-state index contributed by atoms with van der Waals surface area (Å²) in [5, 5.41) is 0. The standard InChI is InChI=1S/C22H23FN6O3/c1-11(20(24)30)28(2)12-9-14-19-16(10-12)31-8-4-3-7-29(19)21(26-14)13-5-6-15-18(17(13)23)27-22(25)32-15/h5-6,9-11H,3-4,7-8H2,1-2H3,(H2,24,30)(H2,25,27). The van der Waals surface area contributed by atoms with Crippen molar-refractivity contribution >= 4 is 39.7 Å². The zero-order valence-corrected chi connectivity index (χ0v) is 17.8. The third kappa shape index (κ3) is 3.10. The normalized spacial score (nSPS) is 14.7. The zero-order chi connectivity index (χ0) is 22.6. The number of nitrogen functional groups attached to an aromatic ring is 1. The predicted molar refractivity (Wildman–Crippen MR) is 119 cm³/mol. The number of imidazole rings is 1. The first-order chi connectivity index (χ1) is 15.3. The van der Waals surface area contributed by atoms with Crippen LogP contribution in [0.15, 0.2) is 28.7 Å². The number of ether oxygens (including phenoxy) is 1. The van der Waals surface area contributed by atoms with Gasteiger partial charge in [0.15, 0.2) is 11.4 Å². The minimum Gasteiger partial charge on any atom is -0.491 e. The molecule has 2 aromatic carbocycles. The highest BCUT2D eigenvalue weighted by Crippen LogP contribution is 2.38. The summed E-state index contributed by atoms with van der Waals surface area (Å²) in [5.41, 5.74) is 13.9. The van der Waals surface area contributed by atoms with Gasteiger partial charge in [0.2, 0.25) is 5.91 Å². The number of carbonyl (C=O) groups excluding carboxylic acids is 1. The molecule has 0 saturated heterocycles. The molecule has 4 N–H and O–H groups in total. The van der Waals surface area contributed by atoms with Crippen LogP contribution >= 0.6 is 0 Å². The second-order valence-corrected chi connectivity index (χ2v) is 7.97. The lowest BCUT2D eigenvalue weighted by Gasteiger charge is -2.25. The van der Waals surface area contributed by atoms with Crippen LogP contribution in [0.5, 0.6) is 5.75 Å². The number of oxazole rings is 1. The van der Waals surface area contributed by atoms with Crippen molar-refractivity contribution in [1.82, 2.24) is 14.5 Å². The van der Waals surface area contributed by atoms with Gasteiger partial charge in [-0.15, -0.1) is 0 Å². The third-order valence-electron chi connectivity index (χ3n) is 5.98. The van der Waals surface area contributed by atoms with E-state index in [1.807, 2.05) is 16.7 Å². The van der Waals surface area contributed by atoms with Crippen LogP contribution in [-0.2, 0) is 11.3 Å². The number of carbonyl (C=O) groups is 1. The van der Waals surface area contributed by atoms with Crippen molar-refractivity contribution in [1.29, 1.82) is 0 Å². The Bertz CT molecular complexity index is 1360. The summed E-state index contributed by atoms with van der Waals surface area (Å²) in [6, 6.07) is 6.37. The molecule has 4 aromatic rings. The Hall–Kier alpha value is -3.82. The highest BCUT2D eigenvalue weighted by molar-refractivity contribution is 5.92. The van der Waals surface area contributed by atoms with Gasteiger partial charge in [0.25, 0.3) is 6.01 Å². The number of amides is 1. The van der Waals surface area contributed by atoms with Crippen molar-refractivity contribution in [2.45, 2.75) is 32.4 Å². The molecule has 32 heavy (non-hydrogen) atoms. The van der Waals surface area contributed by atoms with Gasteiger partial charge in [0.05, 0.1) is 17.7 Å². The molecule has 1 aliphatic rings. The number of hydrogen-bond donors (Lipinski definition) is 2. The van der Waals surface area contributed by atoms with E-state index in [-0.39, 0.29) is 17.1 Å². The molecule has 166 valence electrons. The Morgan fingerprint density at radius 2 is 2.09 bits per heavy atom. The summed E-state index contributed by atoms with van der Waals surface area (Å²) >= 11 is 0. The molecule has 0 radical (unpaired) electrons. The van der Waals surface area contributed by atoms with Gasteiger partial charge in [-0.25, -0.2) is 9.37 Å². The first-order valence-corrected chi connectivity index (χ1v) is 10.4. The number of aromatic nitrogens is 3. The summed E-state index contributed by atoms with van der Waals surface area (Å²) < 4.78 is 28.6. The van der Waals surface area contributed by atoms with Gasteiger partial charge < -0.3 is 30.1 Å². The van der Waals surface area contributed by atoms with E-state index >= 15 is 4.39 Å². The first-order valence-electron chi connectivity index (χ1n) is 10.4. The van der Waals surface area contributed by atoms with E-state index in [4.69, 9.17) is 25.6 Å². The minimum atomic E-state index is -0.543. The van der Waals surface area contributed by atoms with Crippen LogP contribution in [0.2, 0.25) is 0 Å². The summed E-state index contributed by atoms with van der Waals surface area (Å²) in [4.78, 5) is 22.2. The fourth-order valence-electron chi connectivity index (χ4n) is 4.07. The number of rotatable bonds is 4. The molecule has 0 aliphatic carbocycles. The molecule has 0 fully saturated rings. The van der Waals surface area contributed by atoms with Crippen molar-refractivity contribution in [3.05, 3.63) is 30.1 Å². The van der Waals surface area contributed by atoms with Gasteiger partial charge in [-0.3, -0.25) is 4.79 Å². The Balaban J connectivity index is 1.74. The first kappa shape index (κ1) is 20.1.